The van der Waals surface area contributed by atoms with Gasteiger partial charge in [-0.3, -0.25) is 9.69 Å². The Morgan fingerprint density at radius 2 is 2.18 bits per heavy atom. The van der Waals surface area contributed by atoms with Crippen molar-refractivity contribution in [2.24, 2.45) is 0 Å². The SMILES string of the molecule is CC(C)N1CCOC[C@]2(CN(C(=O)c3cccs3)CCO2)C1. The predicted octanol–water partition coefficient (Wildman–Crippen LogP) is 1.70. The second-order valence-electron chi connectivity index (χ2n) is 6.35. The summed E-state index contributed by atoms with van der Waals surface area (Å²) in [6.45, 7) is 9.24. The van der Waals surface area contributed by atoms with Crippen molar-refractivity contribution in [2.75, 3.05) is 46.0 Å². The lowest BCUT2D eigenvalue weighted by atomic mass is 10.0. The first-order valence-corrected chi connectivity index (χ1v) is 8.76. The van der Waals surface area contributed by atoms with E-state index in [1.807, 2.05) is 22.4 Å². The van der Waals surface area contributed by atoms with Gasteiger partial charge in [-0.25, -0.2) is 0 Å². The van der Waals surface area contributed by atoms with Crippen LogP contribution in [0.1, 0.15) is 23.5 Å². The molecule has 0 bridgehead atoms. The highest BCUT2D eigenvalue weighted by Gasteiger charge is 2.42. The Kier molecular flexibility index (Phi) is 4.82. The number of hydrogen-bond acceptors (Lipinski definition) is 5. The smallest absolute Gasteiger partial charge is 0.264 e. The molecule has 22 heavy (non-hydrogen) atoms. The fourth-order valence-electron chi connectivity index (χ4n) is 3.13. The minimum absolute atomic E-state index is 0.109. The van der Waals surface area contributed by atoms with Crippen molar-refractivity contribution in [1.82, 2.24) is 9.80 Å². The van der Waals surface area contributed by atoms with Gasteiger partial charge < -0.3 is 14.4 Å². The Bertz CT molecular complexity index is 505. The lowest BCUT2D eigenvalue weighted by Crippen LogP contribution is -2.60. The van der Waals surface area contributed by atoms with E-state index in [2.05, 4.69) is 18.7 Å². The number of thiophene rings is 1. The molecule has 122 valence electrons. The van der Waals surface area contributed by atoms with E-state index in [0.717, 1.165) is 24.6 Å². The number of carbonyl (C=O) groups is 1. The van der Waals surface area contributed by atoms with Gasteiger partial charge in [-0.1, -0.05) is 6.07 Å². The number of rotatable bonds is 2. The van der Waals surface area contributed by atoms with Crippen LogP contribution in [0.4, 0.5) is 0 Å². The molecular formula is C16H24N2O3S. The number of carbonyl (C=O) groups excluding carboxylic acids is 1. The Labute approximate surface area is 135 Å². The van der Waals surface area contributed by atoms with E-state index < -0.39 is 5.60 Å². The highest BCUT2D eigenvalue weighted by molar-refractivity contribution is 7.12. The lowest BCUT2D eigenvalue weighted by Gasteiger charge is -2.44. The second kappa shape index (κ2) is 6.66. The van der Waals surface area contributed by atoms with Gasteiger partial charge in [-0.15, -0.1) is 11.3 Å². The molecule has 2 fully saturated rings. The molecule has 6 heteroatoms. The summed E-state index contributed by atoms with van der Waals surface area (Å²) in [5.74, 6) is 0.109. The van der Waals surface area contributed by atoms with Crippen LogP contribution in [0.15, 0.2) is 17.5 Å². The quantitative estimate of drug-likeness (QED) is 0.830. The maximum absolute atomic E-state index is 12.6. The van der Waals surface area contributed by atoms with Gasteiger partial charge in [0.2, 0.25) is 0 Å². The maximum Gasteiger partial charge on any atom is 0.264 e. The molecule has 3 heterocycles. The highest BCUT2D eigenvalue weighted by atomic mass is 32.1. The normalized spacial score (nSPS) is 27.3. The summed E-state index contributed by atoms with van der Waals surface area (Å²) in [7, 11) is 0. The zero-order chi connectivity index (χ0) is 15.6. The number of ether oxygens (including phenoxy) is 2. The van der Waals surface area contributed by atoms with Crippen LogP contribution in [0.2, 0.25) is 0 Å². The Balaban J connectivity index is 1.74. The van der Waals surface area contributed by atoms with Gasteiger partial charge in [0.25, 0.3) is 5.91 Å². The van der Waals surface area contributed by atoms with Crippen LogP contribution in [0.3, 0.4) is 0 Å². The van der Waals surface area contributed by atoms with Crippen molar-refractivity contribution in [3.63, 3.8) is 0 Å². The summed E-state index contributed by atoms with van der Waals surface area (Å²) >= 11 is 1.50. The summed E-state index contributed by atoms with van der Waals surface area (Å²) in [4.78, 5) is 17.7. The molecule has 1 atom stereocenters. The van der Waals surface area contributed by atoms with E-state index in [9.17, 15) is 4.79 Å². The summed E-state index contributed by atoms with van der Waals surface area (Å²) in [6.07, 6.45) is 0. The molecule has 1 spiro atoms. The van der Waals surface area contributed by atoms with Crippen LogP contribution in [0.5, 0.6) is 0 Å². The fraction of sp³-hybridized carbons (Fsp3) is 0.688. The van der Waals surface area contributed by atoms with Gasteiger partial charge in [0.15, 0.2) is 0 Å². The van der Waals surface area contributed by atoms with Crippen molar-refractivity contribution in [3.05, 3.63) is 22.4 Å². The third-order valence-electron chi connectivity index (χ3n) is 4.38. The Morgan fingerprint density at radius 1 is 1.32 bits per heavy atom. The summed E-state index contributed by atoms with van der Waals surface area (Å²) in [6, 6.07) is 4.26. The molecule has 0 radical (unpaired) electrons. The largest absolute Gasteiger partial charge is 0.377 e. The molecule has 1 amide bonds. The monoisotopic (exact) mass is 324 g/mol. The minimum Gasteiger partial charge on any atom is -0.377 e. The topological polar surface area (TPSA) is 42.0 Å². The molecule has 5 nitrogen and oxygen atoms in total. The molecule has 0 aromatic carbocycles. The molecule has 2 aliphatic heterocycles. The van der Waals surface area contributed by atoms with Crippen LogP contribution in [-0.4, -0.2) is 73.3 Å². The molecule has 1 aromatic rings. The first-order valence-electron chi connectivity index (χ1n) is 7.88. The highest BCUT2D eigenvalue weighted by Crippen LogP contribution is 2.25. The fourth-order valence-corrected chi connectivity index (χ4v) is 3.82. The first kappa shape index (κ1) is 15.9. The Hall–Kier alpha value is -0.950. The van der Waals surface area contributed by atoms with Crippen molar-refractivity contribution in [1.29, 1.82) is 0 Å². The molecule has 2 saturated heterocycles. The standard InChI is InChI=1S/C16H24N2O3S/c1-13(2)17-5-7-20-12-16(10-17)11-18(6-8-21-16)15(19)14-4-3-9-22-14/h3-4,9,13H,5-8,10-12H2,1-2H3/t16-/m1/s1. The van der Waals surface area contributed by atoms with Crippen molar-refractivity contribution < 1.29 is 14.3 Å². The van der Waals surface area contributed by atoms with Crippen LogP contribution < -0.4 is 0 Å². The number of amides is 1. The van der Waals surface area contributed by atoms with Gasteiger partial charge in [-0.05, 0) is 25.3 Å². The number of morpholine rings is 1. The number of hydrogen-bond donors (Lipinski definition) is 0. The third-order valence-corrected chi connectivity index (χ3v) is 5.23. The van der Waals surface area contributed by atoms with Gasteiger partial charge in [-0.2, -0.15) is 0 Å². The molecule has 0 N–H and O–H groups in total. The van der Waals surface area contributed by atoms with E-state index in [1.54, 1.807) is 0 Å². The molecule has 0 aliphatic carbocycles. The summed E-state index contributed by atoms with van der Waals surface area (Å²) in [5.41, 5.74) is -0.397. The third kappa shape index (κ3) is 3.35. The lowest BCUT2D eigenvalue weighted by molar-refractivity contribution is -0.134. The molecule has 1 aromatic heterocycles. The zero-order valence-corrected chi connectivity index (χ0v) is 14.1. The van der Waals surface area contributed by atoms with Crippen LogP contribution >= 0.6 is 11.3 Å². The minimum atomic E-state index is -0.397. The first-order chi connectivity index (χ1) is 10.6. The summed E-state index contributed by atoms with van der Waals surface area (Å²) in [5, 5.41) is 1.94. The van der Waals surface area contributed by atoms with E-state index in [4.69, 9.17) is 9.47 Å². The summed E-state index contributed by atoms with van der Waals surface area (Å²) < 4.78 is 11.9. The van der Waals surface area contributed by atoms with E-state index in [0.29, 0.717) is 32.3 Å². The van der Waals surface area contributed by atoms with Gasteiger partial charge in [0, 0.05) is 25.7 Å². The van der Waals surface area contributed by atoms with E-state index >= 15 is 0 Å². The van der Waals surface area contributed by atoms with Crippen molar-refractivity contribution in [2.45, 2.75) is 25.5 Å². The van der Waals surface area contributed by atoms with E-state index in [-0.39, 0.29) is 5.91 Å². The van der Waals surface area contributed by atoms with Crippen LogP contribution in [0.25, 0.3) is 0 Å². The average Bonchev–Trinajstić information content (AvgIpc) is 2.97. The van der Waals surface area contributed by atoms with Crippen LogP contribution in [0, 0.1) is 0 Å². The van der Waals surface area contributed by atoms with E-state index in [1.165, 1.54) is 11.3 Å². The van der Waals surface area contributed by atoms with Crippen molar-refractivity contribution >= 4 is 17.2 Å². The molecule has 2 aliphatic rings. The zero-order valence-electron chi connectivity index (χ0n) is 13.3. The number of nitrogens with zero attached hydrogens (tertiary/aromatic N) is 2. The van der Waals surface area contributed by atoms with Gasteiger partial charge in [0.05, 0.1) is 31.2 Å². The maximum atomic E-state index is 12.6. The Morgan fingerprint density at radius 3 is 2.91 bits per heavy atom. The predicted molar refractivity (Wildman–Crippen MR) is 86.4 cm³/mol. The molecule has 0 saturated carbocycles. The van der Waals surface area contributed by atoms with Gasteiger partial charge >= 0.3 is 0 Å². The van der Waals surface area contributed by atoms with Crippen molar-refractivity contribution in [3.8, 4) is 0 Å². The second-order valence-corrected chi connectivity index (χ2v) is 7.30. The molecule has 3 rings (SSSR count). The molecule has 0 unspecified atom stereocenters. The van der Waals surface area contributed by atoms with Crippen LogP contribution in [-0.2, 0) is 9.47 Å². The van der Waals surface area contributed by atoms with Gasteiger partial charge in [0.1, 0.15) is 5.60 Å². The average molecular weight is 324 g/mol. The molecular weight excluding hydrogens is 300 g/mol.